The Labute approximate surface area is 139 Å². The van der Waals surface area contributed by atoms with E-state index in [0.29, 0.717) is 0 Å². The summed E-state index contributed by atoms with van der Waals surface area (Å²) in [6, 6.07) is 20.3. The van der Waals surface area contributed by atoms with E-state index in [2.05, 4.69) is 36.4 Å². The third kappa shape index (κ3) is 1.72. The van der Waals surface area contributed by atoms with E-state index in [1.54, 1.807) is 6.08 Å². The first-order chi connectivity index (χ1) is 11.7. The molecule has 1 aliphatic rings. The highest BCUT2D eigenvalue weighted by Gasteiger charge is 2.25. The smallest absolute Gasteiger partial charge is 0.184 e. The van der Waals surface area contributed by atoms with E-state index in [9.17, 15) is 4.79 Å². The van der Waals surface area contributed by atoms with Gasteiger partial charge in [0.1, 0.15) is 0 Å². The summed E-state index contributed by atoms with van der Waals surface area (Å²) in [4.78, 5) is 12.8. The van der Waals surface area contributed by atoms with Crippen LogP contribution in [-0.4, -0.2) is 11.8 Å². The van der Waals surface area contributed by atoms with E-state index in [1.165, 1.54) is 10.8 Å². The molecule has 0 spiro atoms. The maximum absolute atomic E-state index is 12.8. The summed E-state index contributed by atoms with van der Waals surface area (Å²) >= 11 is 0. The lowest BCUT2D eigenvalue weighted by atomic mass is 9.84. The lowest BCUT2D eigenvalue weighted by Gasteiger charge is -2.20. The lowest BCUT2D eigenvalue weighted by molar-refractivity contribution is 0.0978. The maximum Gasteiger partial charge on any atom is 0.184 e. The number of carbonyl (C=O) groups is 1. The van der Waals surface area contributed by atoms with Gasteiger partial charge in [0.15, 0.2) is 5.78 Å². The predicted octanol–water partition coefficient (Wildman–Crippen LogP) is 4.68. The molecular weight excluding hydrogens is 294 g/mol. The second kappa shape index (κ2) is 4.76. The van der Waals surface area contributed by atoms with Crippen LogP contribution in [0.25, 0.3) is 38.4 Å². The fourth-order valence-electron chi connectivity index (χ4n) is 3.80. The molecule has 0 aromatic heterocycles. The molecule has 1 unspecified atom stereocenters. The number of fused-ring (bicyclic) bond motifs is 7. The topological polar surface area (TPSA) is 43.1 Å². The number of hydrogen-bond acceptors (Lipinski definition) is 2. The molecule has 5 rings (SSSR count). The van der Waals surface area contributed by atoms with Gasteiger partial charge in [-0.1, -0.05) is 60.7 Å². The van der Waals surface area contributed by atoms with E-state index in [1.807, 2.05) is 30.3 Å². The van der Waals surface area contributed by atoms with Crippen LogP contribution in [-0.2, 0) is 0 Å². The van der Waals surface area contributed by atoms with Crippen molar-refractivity contribution in [1.82, 2.24) is 0 Å². The van der Waals surface area contributed by atoms with E-state index in [4.69, 9.17) is 5.73 Å². The quantitative estimate of drug-likeness (QED) is 0.378. The molecule has 0 bridgehead atoms. The predicted molar refractivity (Wildman–Crippen MR) is 100 cm³/mol. The fourth-order valence-corrected chi connectivity index (χ4v) is 3.80. The Kier molecular flexibility index (Phi) is 2.67. The number of benzene rings is 4. The number of ketones is 1. The van der Waals surface area contributed by atoms with Gasteiger partial charge >= 0.3 is 0 Å². The molecule has 2 N–H and O–H groups in total. The summed E-state index contributed by atoms with van der Waals surface area (Å²) in [6.45, 7) is 0. The Balaban J connectivity index is 2.09. The maximum atomic E-state index is 12.8. The zero-order valence-corrected chi connectivity index (χ0v) is 13.0. The van der Waals surface area contributed by atoms with Gasteiger partial charge in [0.2, 0.25) is 0 Å². The largest absolute Gasteiger partial charge is 0.318 e. The normalized spacial score (nSPS) is 16.9. The van der Waals surface area contributed by atoms with Gasteiger partial charge in [-0.05, 0) is 50.0 Å². The number of rotatable bonds is 0. The minimum atomic E-state index is -0.562. The average Bonchev–Trinajstić information content (AvgIpc) is 2.63. The highest BCUT2D eigenvalue weighted by atomic mass is 16.1. The van der Waals surface area contributed by atoms with Crippen LogP contribution in [0.1, 0.15) is 15.9 Å². The zero-order valence-electron chi connectivity index (χ0n) is 13.0. The molecular formula is C22H15NO. The van der Waals surface area contributed by atoms with Gasteiger partial charge in [-0.2, -0.15) is 0 Å². The van der Waals surface area contributed by atoms with Crippen molar-refractivity contribution in [3.05, 3.63) is 77.9 Å². The van der Waals surface area contributed by atoms with Crippen LogP contribution >= 0.6 is 0 Å². The van der Waals surface area contributed by atoms with Crippen molar-refractivity contribution in [2.24, 2.45) is 5.73 Å². The van der Waals surface area contributed by atoms with Crippen molar-refractivity contribution in [1.29, 1.82) is 0 Å². The Hall–Kier alpha value is -2.97. The number of Topliss-reactive ketones (excluding diaryl/α,β-unsaturated/α-hetero) is 1. The lowest BCUT2D eigenvalue weighted by Crippen LogP contribution is -2.31. The van der Waals surface area contributed by atoms with Crippen LogP contribution in [0.15, 0.2) is 66.7 Å². The first kappa shape index (κ1) is 13.5. The van der Waals surface area contributed by atoms with Crippen molar-refractivity contribution in [3.63, 3.8) is 0 Å². The molecule has 0 saturated heterocycles. The number of nitrogens with two attached hydrogens (primary N) is 1. The fraction of sp³-hybridized carbons (Fsp3) is 0.0455. The van der Waals surface area contributed by atoms with Crippen molar-refractivity contribution in [2.45, 2.75) is 6.04 Å². The van der Waals surface area contributed by atoms with Crippen molar-refractivity contribution in [2.75, 3.05) is 0 Å². The van der Waals surface area contributed by atoms with Gasteiger partial charge in [-0.25, -0.2) is 0 Å². The average molecular weight is 309 g/mol. The molecule has 0 fully saturated rings. The SMILES string of the molecule is NC1C=Cc2c(c3cc4ccccc4cc3c3ccccc23)C1=O. The minimum Gasteiger partial charge on any atom is -0.318 e. The third-order valence-corrected chi connectivity index (χ3v) is 4.95. The zero-order chi connectivity index (χ0) is 16.3. The van der Waals surface area contributed by atoms with Gasteiger partial charge < -0.3 is 5.73 Å². The molecule has 4 aromatic rings. The number of carbonyl (C=O) groups excluding carboxylic acids is 1. The summed E-state index contributed by atoms with van der Waals surface area (Å²) in [5.74, 6) is -0.00136. The van der Waals surface area contributed by atoms with E-state index in [0.717, 1.165) is 32.7 Å². The van der Waals surface area contributed by atoms with Crippen LogP contribution in [0.5, 0.6) is 0 Å². The second-order valence-corrected chi connectivity index (χ2v) is 6.33. The van der Waals surface area contributed by atoms with Crippen LogP contribution < -0.4 is 5.73 Å². The Bertz CT molecular complexity index is 1190. The molecule has 0 aliphatic heterocycles. The van der Waals surface area contributed by atoms with Crippen molar-refractivity contribution in [3.8, 4) is 0 Å². The first-order valence-electron chi connectivity index (χ1n) is 8.09. The molecule has 0 radical (unpaired) electrons. The van der Waals surface area contributed by atoms with Crippen LogP contribution in [0.4, 0.5) is 0 Å². The molecule has 0 heterocycles. The highest BCUT2D eigenvalue weighted by molar-refractivity contribution is 6.25. The van der Waals surface area contributed by atoms with Crippen molar-refractivity contribution >= 4 is 44.2 Å². The molecule has 0 saturated carbocycles. The summed E-state index contributed by atoms with van der Waals surface area (Å²) in [6.07, 6.45) is 3.79. The van der Waals surface area contributed by atoms with Gasteiger partial charge in [0.25, 0.3) is 0 Å². The van der Waals surface area contributed by atoms with Gasteiger partial charge in [0, 0.05) is 5.56 Å². The molecule has 4 aromatic carbocycles. The van der Waals surface area contributed by atoms with Gasteiger partial charge in [-0.15, -0.1) is 0 Å². The molecule has 2 nitrogen and oxygen atoms in total. The van der Waals surface area contributed by atoms with Crippen LogP contribution in [0.2, 0.25) is 0 Å². The second-order valence-electron chi connectivity index (χ2n) is 6.33. The van der Waals surface area contributed by atoms with E-state index >= 15 is 0 Å². The molecule has 2 heteroatoms. The molecule has 1 atom stereocenters. The number of hydrogen-bond donors (Lipinski definition) is 1. The van der Waals surface area contributed by atoms with Gasteiger partial charge in [-0.3, -0.25) is 4.79 Å². The van der Waals surface area contributed by atoms with Crippen LogP contribution in [0, 0.1) is 0 Å². The van der Waals surface area contributed by atoms with E-state index < -0.39 is 6.04 Å². The highest BCUT2D eigenvalue weighted by Crippen LogP contribution is 2.38. The molecule has 114 valence electrons. The van der Waals surface area contributed by atoms with E-state index in [-0.39, 0.29) is 5.78 Å². The molecule has 0 amide bonds. The van der Waals surface area contributed by atoms with Gasteiger partial charge in [0.05, 0.1) is 6.04 Å². The molecule has 1 aliphatic carbocycles. The van der Waals surface area contributed by atoms with Crippen LogP contribution in [0.3, 0.4) is 0 Å². The first-order valence-corrected chi connectivity index (χ1v) is 8.09. The Morgan fingerprint density at radius 2 is 1.38 bits per heavy atom. The standard InChI is InChI=1S/C22H15NO/c23-20-10-9-17-15-7-3-4-8-16(15)18-11-13-5-1-2-6-14(13)12-19(18)21(17)22(20)24/h1-12,20H,23H2. The molecule has 24 heavy (non-hydrogen) atoms. The summed E-state index contributed by atoms with van der Waals surface area (Å²) in [5.41, 5.74) is 7.74. The summed E-state index contributed by atoms with van der Waals surface area (Å²) in [5, 5.41) is 6.69. The Morgan fingerprint density at radius 3 is 2.12 bits per heavy atom. The third-order valence-electron chi connectivity index (χ3n) is 4.95. The summed E-state index contributed by atoms with van der Waals surface area (Å²) < 4.78 is 0. The van der Waals surface area contributed by atoms with Crippen molar-refractivity contribution < 1.29 is 4.79 Å². The minimum absolute atomic E-state index is 0.00136. The Morgan fingerprint density at radius 1 is 0.750 bits per heavy atom. The summed E-state index contributed by atoms with van der Waals surface area (Å²) in [7, 11) is 0. The monoisotopic (exact) mass is 309 g/mol.